The number of hydrogen-bond donors (Lipinski definition) is 0. The quantitative estimate of drug-likeness (QED) is 0.250. The first-order chi connectivity index (χ1) is 13.9. The third-order valence-electron chi connectivity index (χ3n) is 9.05. The Bertz CT molecular complexity index is 571. The summed E-state index contributed by atoms with van der Waals surface area (Å²) in [6.45, 7) is 9.60. The third-order valence-corrected chi connectivity index (χ3v) is 9.05. The molecular weight excluding hydrogens is 358 g/mol. The summed E-state index contributed by atoms with van der Waals surface area (Å²) in [6.07, 6.45) is 16.6. The van der Waals surface area contributed by atoms with E-state index in [9.17, 15) is 10.1 Å². The largest absolute Gasteiger partial charge is 0.264 e. The summed E-state index contributed by atoms with van der Waals surface area (Å²) in [5, 5.41) is 11.3. The van der Waals surface area contributed by atoms with Gasteiger partial charge in [-0.1, -0.05) is 65.9 Å². The normalized spacial score (nSPS) is 39.2. The maximum atomic E-state index is 11.3. The van der Waals surface area contributed by atoms with Crippen LogP contribution >= 0.6 is 0 Å². The minimum absolute atomic E-state index is 0.0596. The molecule has 0 spiro atoms. The van der Waals surface area contributed by atoms with E-state index in [-0.39, 0.29) is 11.5 Å². The van der Waals surface area contributed by atoms with Gasteiger partial charge in [-0.05, 0) is 91.4 Å². The fraction of sp³-hybridized carbons (Fsp3) is 0.923. The highest BCUT2D eigenvalue weighted by atomic mass is 16.6. The van der Waals surface area contributed by atoms with Crippen LogP contribution in [0, 0.1) is 57.5 Å². The first kappa shape index (κ1) is 22.8. The summed E-state index contributed by atoms with van der Waals surface area (Å²) in [4.78, 5) is 11.2. The zero-order valence-electron chi connectivity index (χ0n) is 19.4. The summed E-state index contributed by atoms with van der Waals surface area (Å²) in [6, 6.07) is 0. The highest BCUT2D eigenvalue weighted by Gasteiger charge is 2.48. The van der Waals surface area contributed by atoms with Crippen LogP contribution in [0.2, 0.25) is 0 Å². The lowest BCUT2D eigenvalue weighted by Gasteiger charge is -2.35. The minimum Gasteiger partial charge on any atom is -0.264 e. The van der Waals surface area contributed by atoms with Crippen molar-refractivity contribution in [3.8, 4) is 0 Å². The third kappa shape index (κ3) is 6.07. The van der Waals surface area contributed by atoms with Crippen LogP contribution in [0.3, 0.4) is 0 Å². The second kappa shape index (κ2) is 10.4. The van der Waals surface area contributed by atoms with E-state index in [1.54, 1.807) is 0 Å². The Labute approximate surface area is 179 Å². The molecule has 5 unspecified atom stereocenters. The first-order valence-corrected chi connectivity index (χ1v) is 12.7. The number of fused-ring (bicyclic) bond motifs is 1. The van der Waals surface area contributed by atoms with Crippen molar-refractivity contribution in [3.05, 3.63) is 21.8 Å². The molecule has 0 aromatic heterocycles. The van der Waals surface area contributed by atoms with Crippen LogP contribution in [-0.2, 0) is 0 Å². The van der Waals surface area contributed by atoms with Gasteiger partial charge in [-0.2, -0.15) is 0 Å². The molecule has 3 aliphatic rings. The van der Waals surface area contributed by atoms with Gasteiger partial charge in [0.1, 0.15) is 0 Å². The number of hydrogen-bond acceptors (Lipinski definition) is 2. The van der Waals surface area contributed by atoms with Gasteiger partial charge in [-0.15, -0.1) is 0 Å². The molecule has 0 bridgehead atoms. The second-order valence-corrected chi connectivity index (χ2v) is 10.9. The van der Waals surface area contributed by atoms with Crippen LogP contribution in [0.4, 0.5) is 0 Å². The first-order valence-electron chi connectivity index (χ1n) is 12.7. The Morgan fingerprint density at radius 3 is 2.59 bits per heavy atom. The number of allylic oxidation sites excluding steroid dienone is 1. The highest BCUT2D eigenvalue weighted by Crippen LogP contribution is 2.56. The van der Waals surface area contributed by atoms with Gasteiger partial charge in [0.25, 0.3) is 0 Å². The summed E-state index contributed by atoms with van der Waals surface area (Å²) in [7, 11) is 0. The van der Waals surface area contributed by atoms with E-state index in [0.717, 1.165) is 48.0 Å². The Morgan fingerprint density at radius 2 is 1.90 bits per heavy atom. The van der Waals surface area contributed by atoms with E-state index in [1.165, 1.54) is 57.8 Å². The fourth-order valence-electron chi connectivity index (χ4n) is 7.02. The molecule has 29 heavy (non-hydrogen) atoms. The van der Waals surface area contributed by atoms with Gasteiger partial charge in [0.15, 0.2) is 0 Å². The standard InChI is InChI=1S/C26H45NO2/c1-5-8-21-14-24(11-12-25-19(4)26(25)16-21)18(3)23-10-7-9-20(6-2)13-22(15-23)17-27(28)29/h15,18-21,23-26H,5-14,16-17H2,1-4H3/t18-,19?,20?,21?,23-,24+,25?,26?/m0/s1. The minimum atomic E-state index is -0.108. The molecule has 0 N–H and O–H groups in total. The van der Waals surface area contributed by atoms with Gasteiger partial charge in [-0.3, -0.25) is 10.1 Å². The van der Waals surface area contributed by atoms with E-state index in [2.05, 4.69) is 33.8 Å². The zero-order valence-corrected chi connectivity index (χ0v) is 19.4. The molecule has 0 amide bonds. The van der Waals surface area contributed by atoms with Gasteiger partial charge in [-0.25, -0.2) is 0 Å². The van der Waals surface area contributed by atoms with Crippen LogP contribution in [-0.4, -0.2) is 11.5 Å². The van der Waals surface area contributed by atoms with Crippen LogP contribution < -0.4 is 0 Å². The van der Waals surface area contributed by atoms with E-state index >= 15 is 0 Å². The van der Waals surface area contributed by atoms with E-state index in [4.69, 9.17) is 0 Å². The maximum absolute atomic E-state index is 11.3. The average molecular weight is 404 g/mol. The van der Waals surface area contributed by atoms with E-state index < -0.39 is 0 Å². The summed E-state index contributed by atoms with van der Waals surface area (Å²) in [5.41, 5.74) is 1.12. The smallest absolute Gasteiger partial charge is 0.224 e. The Morgan fingerprint density at radius 1 is 1.10 bits per heavy atom. The molecule has 0 aromatic carbocycles. The molecule has 0 saturated heterocycles. The van der Waals surface area contributed by atoms with Crippen molar-refractivity contribution in [2.45, 2.75) is 98.3 Å². The average Bonchev–Trinajstić information content (AvgIpc) is 3.23. The number of nitro groups is 1. The maximum Gasteiger partial charge on any atom is 0.224 e. The molecule has 0 aliphatic heterocycles. The number of rotatable bonds is 7. The van der Waals surface area contributed by atoms with Gasteiger partial charge in [0.2, 0.25) is 6.54 Å². The monoisotopic (exact) mass is 403 g/mol. The van der Waals surface area contributed by atoms with Gasteiger partial charge in [0, 0.05) is 4.92 Å². The fourth-order valence-corrected chi connectivity index (χ4v) is 7.02. The lowest BCUT2D eigenvalue weighted by atomic mass is 9.70. The molecule has 8 atom stereocenters. The molecular formula is C26H45NO2. The van der Waals surface area contributed by atoms with Gasteiger partial charge < -0.3 is 0 Å². The van der Waals surface area contributed by atoms with Crippen molar-refractivity contribution in [2.24, 2.45) is 47.3 Å². The van der Waals surface area contributed by atoms with Crippen LogP contribution in [0.5, 0.6) is 0 Å². The van der Waals surface area contributed by atoms with E-state index in [1.807, 2.05) is 0 Å². The zero-order chi connectivity index (χ0) is 21.0. The van der Waals surface area contributed by atoms with Crippen molar-refractivity contribution in [2.75, 3.05) is 6.54 Å². The van der Waals surface area contributed by atoms with Crippen molar-refractivity contribution in [1.82, 2.24) is 0 Å². The predicted molar refractivity (Wildman–Crippen MR) is 121 cm³/mol. The molecule has 0 radical (unpaired) electrons. The summed E-state index contributed by atoms with van der Waals surface area (Å²) >= 11 is 0. The molecule has 3 heteroatoms. The molecule has 0 heterocycles. The Balaban J connectivity index is 1.73. The summed E-state index contributed by atoms with van der Waals surface area (Å²) < 4.78 is 0. The van der Waals surface area contributed by atoms with Crippen LogP contribution in [0.25, 0.3) is 0 Å². The molecule has 3 aliphatic carbocycles. The van der Waals surface area contributed by atoms with Crippen LogP contribution in [0.15, 0.2) is 11.6 Å². The SMILES string of the molecule is CCCC1CC2C(C)C2CC[C@@H]([C@@H](C)[C@@H]2C=C(C[N+](=O)[O-])CC(CC)CCC2)C1. The molecule has 3 rings (SSSR count). The Hall–Kier alpha value is -0.860. The molecule has 3 nitrogen and oxygen atoms in total. The van der Waals surface area contributed by atoms with Crippen molar-refractivity contribution in [3.63, 3.8) is 0 Å². The lowest BCUT2D eigenvalue weighted by molar-refractivity contribution is -0.471. The van der Waals surface area contributed by atoms with Crippen molar-refractivity contribution < 1.29 is 4.92 Å². The molecule has 2 fully saturated rings. The Kier molecular flexibility index (Phi) is 8.22. The van der Waals surface area contributed by atoms with Crippen molar-refractivity contribution in [1.29, 1.82) is 0 Å². The second-order valence-electron chi connectivity index (χ2n) is 10.9. The molecule has 0 aromatic rings. The highest BCUT2D eigenvalue weighted by molar-refractivity contribution is 5.09. The van der Waals surface area contributed by atoms with Crippen LogP contribution in [0.1, 0.15) is 98.3 Å². The predicted octanol–water partition coefficient (Wildman–Crippen LogP) is 7.53. The van der Waals surface area contributed by atoms with Gasteiger partial charge >= 0.3 is 0 Å². The topological polar surface area (TPSA) is 43.1 Å². The lowest BCUT2D eigenvalue weighted by Crippen LogP contribution is -2.26. The number of nitrogens with zero attached hydrogens (tertiary/aromatic N) is 1. The van der Waals surface area contributed by atoms with E-state index in [0.29, 0.717) is 17.8 Å². The molecule has 166 valence electrons. The van der Waals surface area contributed by atoms with Gasteiger partial charge in [0.05, 0.1) is 0 Å². The van der Waals surface area contributed by atoms with Crippen molar-refractivity contribution >= 4 is 0 Å². The molecule has 2 saturated carbocycles. The summed E-state index contributed by atoms with van der Waals surface area (Å²) in [5.74, 6) is 6.53.